The molecule has 1 aromatic heterocycles. The Kier molecular flexibility index (Phi) is 2.91. The average molecular weight is 250 g/mol. The lowest BCUT2D eigenvalue weighted by molar-refractivity contribution is -0.384. The zero-order valence-electron chi connectivity index (χ0n) is 10.8. The Morgan fingerprint density at radius 1 is 1.28 bits per heavy atom. The maximum atomic E-state index is 11.0. The van der Waals surface area contributed by atoms with Crippen LogP contribution < -0.4 is 5.46 Å². The Hall–Kier alpha value is -1.47. The van der Waals surface area contributed by atoms with E-state index < -0.39 is 23.2 Å². The number of nitro groups is 1. The Morgan fingerprint density at radius 3 is 2.33 bits per heavy atom. The second-order valence-electron chi connectivity index (χ2n) is 5.28. The van der Waals surface area contributed by atoms with Crippen molar-refractivity contribution in [3.05, 3.63) is 28.6 Å². The van der Waals surface area contributed by atoms with E-state index in [0.717, 1.165) is 0 Å². The van der Waals surface area contributed by atoms with Crippen LogP contribution >= 0.6 is 0 Å². The third-order valence-corrected chi connectivity index (χ3v) is 3.54. The summed E-state index contributed by atoms with van der Waals surface area (Å²) in [4.78, 5) is 14.2. The van der Waals surface area contributed by atoms with Crippen molar-refractivity contribution in [3.8, 4) is 0 Å². The van der Waals surface area contributed by atoms with Gasteiger partial charge in [0.25, 0.3) is 5.69 Å². The van der Waals surface area contributed by atoms with E-state index in [1.54, 1.807) is 6.07 Å². The molecule has 96 valence electrons. The molecule has 2 rings (SSSR count). The second-order valence-corrected chi connectivity index (χ2v) is 5.28. The molecule has 18 heavy (non-hydrogen) atoms. The van der Waals surface area contributed by atoms with Crippen LogP contribution in [-0.2, 0) is 9.31 Å². The van der Waals surface area contributed by atoms with Crippen molar-refractivity contribution in [2.24, 2.45) is 0 Å². The predicted octanol–water partition coefficient (Wildman–Crippen LogP) is 1.29. The Labute approximate surface area is 106 Å². The van der Waals surface area contributed by atoms with Crippen LogP contribution in [0.5, 0.6) is 0 Å². The highest BCUT2D eigenvalue weighted by molar-refractivity contribution is 6.63. The minimum absolute atomic E-state index is 0.0870. The van der Waals surface area contributed by atoms with Gasteiger partial charge in [-0.15, -0.1) is 0 Å². The standard InChI is InChI=1S/C11H15BN2O4/c1-10(2)11(3,4)18-12(17-10)8-5-6-13-7-9(8)14(15)16/h5-7H,1-4H3. The lowest BCUT2D eigenvalue weighted by Gasteiger charge is -2.32. The van der Waals surface area contributed by atoms with Gasteiger partial charge in [0.15, 0.2) is 0 Å². The van der Waals surface area contributed by atoms with Gasteiger partial charge in [0.2, 0.25) is 0 Å². The fourth-order valence-electron chi connectivity index (χ4n) is 1.72. The predicted molar refractivity (Wildman–Crippen MR) is 66.6 cm³/mol. The summed E-state index contributed by atoms with van der Waals surface area (Å²) in [5.41, 5.74) is -0.728. The van der Waals surface area contributed by atoms with Gasteiger partial charge in [-0.3, -0.25) is 15.1 Å². The first-order valence-electron chi connectivity index (χ1n) is 5.68. The van der Waals surface area contributed by atoms with Crippen LogP contribution in [0.25, 0.3) is 0 Å². The maximum Gasteiger partial charge on any atom is 0.502 e. The molecule has 1 aliphatic heterocycles. The van der Waals surface area contributed by atoms with E-state index in [0.29, 0.717) is 5.46 Å². The van der Waals surface area contributed by atoms with Crippen molar-refractivity contribution >= 4 is 18.3 Å². The van der Waals surface area contributed by atoms with Crippen LogP contribution in [-0.4, -0.2) is 28.2 Å². The van der Waals surface area contributed by atoms with Crippen LogP contribution in [0.1, 0.15) is 27.7 Å². The van der Waals surface area contributed by atoms with E-state index in [2.05, 4.69) is 4.98 Å². The molecule has 1 fully saturated rings. The van der Waals surface area contributed by atoms with Crippen LogP contribution in [0.3, 0.4) is 0 Å². The van der Waals surface area contributed by atoms with Gasteiger partial charge in [0, 0.05) is 6.20 Å². The SMILES string of the molecule is CC1(C)OB(c2ccncc2[N+](=O)[O-])OC1(C)C. The molecule has 1 aliphatic rings. The molecule has 1 saturated heterocycles. The van der Waals surface area contributed by atoms with Gasteiger partial charge in [-0.25, -0.2) is 0 Å². The topological polar surface area (TPSA) is 74.5 Å². The molecular weight excluding hydrogens is 235 g/mol. The number of pyridine rings is 1. The molecule has 0 saturated carbocycles. The van der Waals surface area contributed by atoms with Gasteiger partial charge in [0.05, 0.1) is 21.6 Å². The smallest absolute Gasteiger partial charge is 0.399 e. The molecule has 6 nitrogen and oxygen atoms in total. The molecule has 0 aromatic carbocycles. The maximum absolute atomic E-state index is 11.0. The molecular formula is C11H15BN2O4. The Bertz CT molecular complexity index is 474. The number of hydrogen-bond acceptors (Lipinski definition) is 5. The molecule has 0 spiro atoms. The molecule has 0 N–H and O–H groups in total. The lowest BCUT2D eigenvalue weighted by atomic mass is 9.78. The first kappa shape index (κ1) is 13.0. The van der Waals surface area contributed by atoms with E-state index in [1.165, 1.54) is 12.4 Å². The van der Waals surface area contributed by atoms with Crippen molar-refractivity contribution < 1.29 is 14.2 Å². The van der Waals surface area contributed by atoms with Crippen LogP contribution in [0.2, 0.25) is 0 Å². The molecule has 0 amide bonds. The van der Waals surface area contributed by atoms with Gasteiger partial charge in [-0.1, -0.05) is 0 Å². The molecule has 2 heterocycles. The van der Waals surface area contributed by atoms with E-state index in [4.69, 9.17) is 9.31 Å². The fraction of sp³-hybridized carbons (Fsp3) is 0.545. The average Bonchev–Trinajstić information content (AvgIpc) is 2.48. The molecule has 0 atom stereocenters. The second kappa shape index (κ2) is 4.03. The quantitative estimate of drug-likeness (QED) is 0.449. The first-order valence-corrected chi connectivity index (χ1v) is 5.68. The fourth-order valence-corrected chi connectivity index (χ4v) is 1.72. The largest absolute Gasteiger partial charge is 0.502 e. The van der Waals surface area contributed by atoms with Crippen molar-refractivity contribution in [1.82, 2.24) is 4.98 Å². The first-order chi connectivity index (χ1) is 8.24. The van der Waals surface area contributed by atoms with Crippen LogP contribution in [0.4, 0.5) is 5.69 Å². The molecule has 7 heteroatoms. The van der Waals surface area contributed by atoms with Gasteiger partial charge in [-0.05, 0) is 33.8 Å². The van der Waals surface area contributed by atoms with Crippen molar-refractivity contribution in [2.75, 3.05) is 0 Å². The van der Waals surface area contributed by atoms with Crippen molar-refractivity contribution in [2.45, 2.75) is 38.9 Å². The minimum Gasteiger partial charge on any atom is -0.399 e. The highest BCUT2D eigenvalue weighted by Gasteiger charge is 2.53. The van der Waals surface area contributed by atoms with Crippen LogP contribution in [0, 0.1) is 10.1 Å². The number of hydrogen-bond donors (Lipinski definition) is 0. The van der Waals surface area contributed by atoms with E-state index in [-0.39, 0.29) is 5.69 Å². The summed E-state index contributed by atoms with van der Waals surface area (Å²) in [5, 5.41) is 11.0. The zero-order valence-corrected chi connectivity index (χ0v) is 10.8. The number of rotatable bonds is 2. The number of nitrogens with zero attached hydrogens (tertiary/aromatic N) is 2. The molecule has 0 radical (unpaired) electrons. The highest BCUT2D eigenvalue weighted by atomic mass is 16.7. The summed E-state index contributed by atoms with van der Waals surface area (Å²) in [6.07, 6.45) is 2.70. The van der Waals surface area contributed by atoms with Gasteiger partial charge < -0.3 is 9.31 Å². The third-order valence-electron chi connectivity index (χ3n) is 3.54. The monoisotopic (exact) mass is 250 g/mol. The van der Waals surface area contributed by atoms with Gasteiger partial charge >= 0.3 is 7.12 Å². The van der Waals surface area contributed by atoms with E-state index in [9.17, 15) is 10.1 Å². The minimum atomic E-state index is -0.738. The summed E-state index contributed by atoms with van der Waals surface area (Å²) in [7, 11) is -0.738. The summed E-state index contributed by atoms with van der Waals surface area (Å²) < 4.78 is 11.6. The van der Waals surface area contributed by atoms with Gasteiger partial charge in [-0.2, -0.15) is 0 Å². The van der Waals surface area contributed by atoms with Crippen LogP contribution in [0.15, 0.2) is 18.5 Å². The Morgan fingerprint density at radius 2 is 1.83 bits per heavy atom. The molecule has 0 aliphatic carbocycles. The van der Waals surface area contributed by atoms with E-state index >= 15 is 0 Å². The summed E-state index contributed by atoms with van der Waals surface area (Å²) in [6.45, 7) is 7.61. The third kappa shape index (κ3) is 1.99. The normalized spacial score (nSPS) is 21.0. The summed E-state index contributed by atoms with van der Waals surface area (Å²) >= 11 is 0. The molecule has 1 aromatic rings. The zero-order chi connectivity index (χ0) is 13.6. The highest BCUT2D eigenvalue weighted by Crippen LogP contribution is 2.36. The van der Waals surface area contributed by atoms with Gasteiger partial charge in [0.1, 0.15) is 6.20 Å². The molecule has 0 bridgehead atoms. The Balaban J connectivity index is 2.38. The number of aromatic nitrogens is 1. The van der Waals surface area contributed by atoms with Crippen molar-refractivity contribution in [1.29, 1.82) is 0 Å². The van der Waals surface area contributed by atoms with Crippen molar-refractivity contribution in [3.63, 3.8) is 0 Å². The van der Waals surface area contributed by atoms with E-state index in [1.807, 2.05) is 27.7 Å². The molecule has 0 unspecified atom stereocenters. The summed E-state index contributed by atoms with van der Waals surface area (Å²) in [5.74, 6) is 0. The lowest BCUT2D eigenvalue weighted by Crippen LogP contribution is -2.41. The summed E-state index contributed by atoms with van der Waals surface area (Å²) in [6, 6.07) is 1.56.